The number of hydrogen-bond donors (Lipinski definition) is 1. The van der Waals surface area contributed by atoms with Crippen LogP contribution in [0.2, 0.25) is 5.02 Å². The number of alkyl halides is 3. The predicted octanol–water partition coefficient (Wildman–Crippen LogP) is 7.25. The van der Waals surface area contributed by atoms with Crippen molar-refractivity contribution in [3.8, 4) is 0 Å². The Labute approximate surface area is 282 Å². The Kier molecular flexibility index (Phi) is 11.9. The monoisotopic (exact) mass is 703 g/mol. The minimum atomic E-state index is -4.94. The van der Waals surface area contributed by atoms with E-state index >= 15 is 4.39 Å². The molecule has 0 saturated heterocycles. The number of nitrogens with zero attached hydrogens (tertiary/aromatic N) is 2. The topological polar surface area (TPSA) is 86.8 Å². The van der Waals surface area contributed by atoms with E-state index in [1.807, 2.05) is 6.92 Å². The number of nitrogens with one attached hydrogen (secondary N) is 1. The van der Waals surface area contributed by atoms with Gasteiger partial charge in [-0.15, -0.1) is 0 Å². The number of sulfonamides is 1. The molecule has 0 aromatic heterocycles. The molecule has 0 bridgehead atoms. The van der Waals surface area contributed by atoms with Gasteiger partial charge in [0, 0.05) is 24.6 Å². The quantitative estimate of drug-likeness (QED) is 0.149. The molecule has 2 atom stereocenters. The lowest BCUT2D eigenvalue weighted by Gasteiger charge is -2.34. The summed E-state index contributed by atoms with van der Waals surface area (Å²) >= 11 is 5.84. The molecule has 7 nitrogen and oxygen atoms in total. The molecule has 0 aliphatic heterocycles. The number of anilines is 1. The van der Waals surface area contributed by atoms with E-state index in [4.69, 9.17) is 11.6 Å². The molecule has 0 radical (unpaired) electrons. The maximum atomic E-state index is 15.0. The molecule has 0 heterocycles. The summed E-state index contributed by atoms with van der Waals surface area (Å²) in [6.45, 7) is 2.16. The molecule has 4 aromatic rings. The molecule has 0 fully saturated rings. The van der Waals surface area contributed by atoms with Crippen LogP contribution in [0.25, 0.3) is 0 Å². The van der Waals surface area contributed by atoms with Crippen LogP contribution in [0.4, 0.5) is 23.2 Å². The van der Waals surface area contributed by atoms with Crippen LogP contribution in [0.5, 0.6) is 0 Å². The fourth-order valence-corrected chi connectivity index (χ4v) is 6.59. The molecule has 1 N–H and O–H groups in total. The van der Waals surface area contributed by atoms with Crippen molar-refractivity contribution < 1.29 is 35.6 Å². The van der Waals surface area contributed by atoms with Crippen LogP contribution in [0.15, 0.2) is 108 Å². The SMILES string of the molecule is CC[C@H](C)NC(=O)[C@H](Cc1ccccc1)N(Cc1ccccc1F)C(=O)CN(c1ccc(Cl)c(C(F)(F)F)c1)S(=O)(=O)c1ccccc1. The van der Waals surface area contributed by atoms with E-state index in [9.17, 15) is 31.2 Å². The third-order valence-electron chi connectivity index (χ3n) is 7.72. The largest absolute Gasteiger partial charge is 0.417 e. The summed E-state index contributed by atoms with van der Waals surface area (Å²) in [5, 5.41) is 2.19. The summed E-state index contributed by atoms with van der Waals surface area (Å²) in [4.78, 5) is 29.0. The van der Waals surface area contributed by atoms with Gasteiger partial charge in [-0.1, -0.05) is 85.3 Å². The van der Waals surface area contributed by atoms with Crippen molar-refractivity contribution in [1.82, 2.24) is 10.2 Å². The van der Waals surface area contributed by atoms with Crippen LogP contribution in [0.1, 0.15) is 37.0 Å². The molecule has 0 aliphatic rings. The maximum Gasteiger partial charge on any atom is 0.417 e. The van der Waals surface area contributed by atoms with Crippen LogP contribution in [-0.4, -0.2) is 43.8 Å². The number of benzene rings is 4. The van der Waals surface area contributed by atoms with Crippen molar-refractivity contribution in [2.45, 2.75) is 56.4 Å². The van der Waals surface area contributed by atoms with Gasteiger partial charge in [-0.3, -0.25) is 13.9 Å². The highest BCUT2D eigenvalue weighted by atomic mass is 35.5. The van der Waals surface area contributed by atoms with Gasteiger partial charge in [0.25, 0.3) is 10.0 Å². The smallest absolute Gasteiger partial charge is 0.352 e. The number of halogens is 5. The van der Waals surface area contributed by atoms with Crippen molar-refractivity contribution in [2.75, 3.05) is 10.8 Å². The minimum absolute atomic E-state index is 0.0199. The Morgan fingerprint density at radius 1 is 0.896 bits per heavy atom. The summed E-state index contributed by atoms with van der Waals surface area (Å²) < 4.78 is 85.4. The third kappa shape index (κ3) is 8.93. The number of carbonyl (C=O) groups is 2. The summed E-state index contributed by atoms with van der Waals surface area (Å²) in [6.07, 6.45) is -4.40. The normalized spacial score (nSPS) is 13.0. The molecular weight excluding hydrogens is 670 g/mol. The second kappa shape index (κ2) is 15.7. The molecule has 4 aromatic carbocycles. The van der Waals surface area contributed by atoms with Gasteiger partial charge in [-0.25, -0.2) is 12.8 Å². The summed E-state index contributed by atoms with van der Waals surface area (Å²) in [6, 6.07) is 22.2. The van der Waals surface area contributed by atoms with Crippen molar-refractivity contribution in [1.29, 1.82) is 0 Å². The Balaban J connectivity index is 1.87. The first kappa shape index (κ1) is 36.4. The Hall–Kier alpha value is -4.42. The summed E-state index contributed by atoms with van der Waals surface area (Å²) in [5.41, 5.74) is -1.09. The zero-order chi connectivity index (χ0) is 35.1. The van der Waals surface area contributed by atoms with Crippen molar-refractivity contribution in [3.63, 3.8) is 0 Å². The van der Waals surface area contributed by atoms with Gasteiger partial charge >= 0.3 is 6.18 Å². The van der Waals surface area contributed by atoms with Gasteiger partial charge in [0.15, 0.2) is 0 Å². The zero-order valence-electron chi connectivity index (χ0n) is 26.1. The Morgan fingerprint density at radius 2 is 1.50 bits per heavy atom. The second-order valence-corrected chi connectivity index (χ2v) is 13.4. The van der Waals surface area contributed by atoms with E-state index in [0.29, 0.717) is 22.4 Å². The second-order valence-electron chi connectivity index (χ2n) is 11.1. The molecule has 4 rings (SSSR count). The van der Waals surface area contributed by atoms with Crippen molar-refractivity contribution >= 4 is 39.1 Å². The van der Waals surface area contributed by atoms with E-state index in [1.54, 1.807) is 49.4 Å². The van der Waals surface area contributed by atoms with E-state index in [1.165, 1.54) is 42.5 Å². The molecule has 2 amide bonds. The van der Waals surface area contributed by atoms with Crippen LogP contribution >= 0.6 is 11.6 Å². The molecule has 0 unspecified atom stereocenters. The fraction of sp³-hybridized carbons (Fsp3) is 0.257. The lowest BCUT2D eigenvalue weighted by Crippen LogP contribution is -2.54. The highest BCUT2D eigenvalue weighted by Crippen LogP contribution is 2.38. The van der Waals surface area contributed by atoms with Crippen LogP contribution in [0.3, 0.4) is 0 Å². The highest BCUT2D eigenvalue weighted by molar-refractivity contribution is 7.92. The van der Waals surface area contributed by atoms with Gasteiger partial charge in [0.1, 0.15) is 18.4 Å². The van der Waals surface area contributed by atoms with Crippen LogP contribution < -0.4 is 9.62 Å². The molecule has 48 heavy (non-hydrogen) atoms. The third-order valence-corrected chi connectivity index (χ3v) is 9.84. The Morgan fingerprint density at radius 3 is 2.10 bits per heavy atom. The van der Waals surface area contributed by atoms with Gasteiger partial charge in [-0.05, 0) is 55.3 Å². The minimum Gasteiger partial charge on any atom is -0.352 e. The van der Waals surface area contributed by atoms with Gasteiger partial charge < -0.3 is 10.2 Å². The van der Waals surface area contributed by atoms with Gasteiger partial charge in [-0.2, -0.15) is 13.2 Å². The number of rotatable bonds is 13. The van der Waals surface area contributed by atoms with Crippen molar-refractivity contribution in [2.24, 2.45) is 0 Å². The average molecular weight is 704 g/mol. The average Bonchev–Trinajstić information content (AvgIpc) is 3.06. The zero-order valence-corrected chi connectivity index (χ0v) is 27.7. The highest BCUT2D eigenvalue weighted by Gasteiger charge is 2.38. The molecule has 0 saturated carbocycles. The number of carbonyl (C=O) groups excluding carboxylic acids is 2. The van der Waals surface area contributed by atoms with E-state index in [0.717, 1.165) is 17.0 Å². The molecule has 0 aliphatic carbocycles. The van der Waals surface area contributed by atoms with E-state index in [-0.39, 0.29) is 22.9 Å². The first-order valence-electron chi connectivity index (χ1n) is 15.0. The first-order chi connectivity index (χ1) is 22.7. The molecule has 13 heteroatoms. The predicted molar refractivity (Wildman–Crippen MR) is 176 cm³/mol. The standard InChI is InChI=1S/C35H34ClF4N3O4S/c1-3-24(2)41-34(45)32(20-25-12-6-4-7-13-25)42(22-26-14-10-11-17-31(26)37)33(44)23-43(48(46,47)28-15-8-5-9-16-28)27-18-19-30(36)29(21-27)35(38,39)40/h4-19,21,24,32H,3,20,22-23H2,1-2H3,(H,41,45)/t24-,32-/m0/s1. The maximum absolute atomic E-state index is 15.0. The fourth-order valence-electron chi connectivity index (χ4n) is 4.94. The van der Waals surface area contributed by atoms with Crippen molar-refractivity contribution in [3.05, 3.63) is 131 Å². The lowest BCUT2D eigenvalue weighted by atomic mass is 10.0. The number of amides is 2. The lowest BCUT2D eigenvalue weighted by molar-refractivity contribution is -0.140. The number of hydrogen-bond acceptors (Lipinski definition) is 4. The van der Waals surface area contributed by atoms with Crippen LogP contribution in [-0.2, 0) is 38.8 Å². The first-order valence-corrected chi connectivity index (χ1v) is 16.9. The molecule has 254 valence electrons. The summed E-state index contributed by atoms with van der Waals surface area (Å²) in [7, 11) is -4.67. The van der Waals surface area contributed by atoms with Gasteiger partial charge in [0.05, 0.1) is 21.2 Å². The molecule has 0 spiro atoms. The molecular formula is C35H34ClF4N3O4S. The van der Waals surface area contributed by atoms with Gasteiger partial charge in [0.2, 0.25) is 11.8 Å². The van der Waals surface area contributed by atoms with E-state index < -0.39 is 69.2 Å². The summed E-state index contributed by atoms with van der Waals surface area (Å²) in [5.74, 6) is -2.19. The Bertz CT molecular complexity index is 1830. The van der Waals surface area contributed by atoms with E-state index in [2.05, 4.69) is 5.32 Å². The van der Waals surface area contributed by atoms with Crippen LogP contribution in [0, 0.1) is 5.82 Å².